The molecular formula is C26H43O3-. The molecule has 0 N–H and O–H groups in total. The molecular weight excluding hydrogens is 360 g/mol. The third kappa shape index (κ3) is 4.30. The topological polar surface area (TPSA) is 57.2 Å². The number of carbonyl (C=O) groups is 2. The summed E-state index contributed by atoms with van der Waals surface area (Å²) in [6.07, 6.45) is 11.1. The summed E-state index contributed by atoms with van der Waals surface area (Å²) in [5.74, 6) is 3.38. The van der Waals surface area contributed by atoms with Crippen LogP contribution in [0.25, 0.3) is 0 Å². The molecule has 0 amide bonds. The normalized spacial score (nSPS) is 40.6. The molecule has 3 aliphatic rings. The van der Waals surface area contributed by atoms with Crippen molar-refractivity contribution in [3.63, 3.8) is 0 Å². The molecule has 29 heavy (non-hydrogen) atoms. The highest BCUT2D eigenvalue weighted by Crippen LogP contribution is 2.65. The van der Waals surface area contributed by atoms with Gasteiger partial charge in [-0.2, -0.15) is 0 Å². The van der Waals surface area contributed by atoms with Crippen molar-refractivity contribution in [3.05, 3.63) is 0 Å². The second kappa shape index (κ2) is 8.71. The SMILES string of the molecule is CC(C)CCC[C@@H](C)[C@H]1CC[C@H]2[C@H]3CCC(=O)[C@](C)(CCC(=O)[O-])[C@@H]3CC[C@]12C. The van der Waals surface area contributed by atoms with Gasteiger partial charge in [-0.3, -0.25) is 4.79 Å². The summed E-state index contributed by atoms with van der Waals surface area (Å²) in [7, 11) is 0. The Morgan fingerprint density at radius 1 is 1.07 bits per heavy atom. The van der Waals surface area contributed by atoms with Gasteiger partial charge >= 0.3 is 0 Å². The Labute approximate surface area is 178 Å². The van der Waals surface area contributed by atoms with E-state index < -0.39 is 11.4 Å². The number of carbonyl (C=O) groups excluding carboxylic acids is 2. The van der Waals surface area contributed by atoms with E-state index in [1.807, 2.05) is 0 Å². The smallest absolute Gasteiger partial charge is 0.139 e. The molecule has 3 heteroatoms. The highest BCUT2D eigenvalue weighted by molar-refractivity contribution is 5.86. The lowest BCUT2D eigenvalue weighted by Gasteiger charge is -2.56. The van der Waals surface area contributed by atoms with Crippen molar-refractivity contribution in [2.45, 2.75) is 105 Å². The molecule has 3 nitrogen and oxygen atoms in total. The Balaban J connectivity index is 1.73. The second-order valence-electron chi connectivity index (χ2n) is 11.7. The Hall–Kier alpha value is -0.860. The van der Waals surface area contributed by atoms with Crippen molar-refractivity contribution in [1.29, 1.82) is 0 Å². The highest BCUT2D eigenvalue weighted by atomic mass is 16.4. The molecule has 0 aromatic rings. The van der Waals surface area contributed by atoms with E-state index >= 15 is 0 Å². The number of aliphatic carboxylic acids is 1. The summed E-state index contributed by atoms with van der Waals surface area (Å²) in [6.45, 7) is 11.7. The number of hydrogen-bond acceptors (Lipinski definition) is 3. The molecule has 0 radical (unpaired) electrons. The van der Waals surface area contributed by atoms with Crippen LogP contribution in [-0.2, 0) is 9.59 Å². The van der Waals surface area contributed by atoms with Crippen molar-refractivity contribution >= 4 is 11.8 Å². The van der Waals surface area contributed by atoms with Gasteiger partial charge in [-0.05, 0) is 85.9 Å². The molecule has 0 unspecified atom stereocenters. The van der Waals surface area contributed by atoms with E-state index in [0.29, 0.717) is 41.8 Å². The fourth-order valence-electron chi connectivity index (χ4n) is 7.98. The summed E-state index contributed by atoms with van der Waals surface area (Å²) in [6, 6.07) is 0. The molecule has 0 aliphatic heterocycles. The van der Waals surface area contributed by atoms with Gasteiger partial charge in [0.1, 0.15) is 5.78 Å². The lowest BCUT2D eigenvalue weighted by molar-refractivity contribution is -0.306. The lowest BCUT2D eigenvalue weighted by atomic mass is 9.48. The van der Waals surface area contributed by atoms with Gasteiger partial charge in [0.15, 0.2) is 0 Å². The predicted octanol–water partition coefficient (Wildman–Crippen LogP) is 5.41. The fourth-order valence-corrected chi connectivity index (χ4v) is 7.98. The average molecular weight is 404 g/mol. The molecule has 0 spiro atoms. The zero-order valence-corrected chi connectivity index (χ0v) is 19.5. The van der Waals surface area contributed by atoms with Crippen LogP contribution in [0.5, 0.6) is 0 Å². The molecule has 3 fully saturated rings. The minimum absolute atomic E-state index is 0.0168. The van der Waals surface area contributed by atoms with Gasteiger partial charge in [-0.1, -0.05) is 53.9 Å². The largest absolute Gasteiger partial charge is 0.550 e. The molecule has 166 valence electrons. The van der Waals surface area contributed by atoms with Crippen LogP contribution in [0.4, 0.5) is 0 Å². The average Bonchev–Trinajstić information content (AvgIpc) is 3.00. The van der Waals surface area contributed by atoms with Gasteiger partial charge in [0.2, 0.25) is 0 Å². The van der Waals surface area contributed by atoms with Crippen LogP contribution in [0.2, 0.25) is 0 Å². The maximum absolute atomic E-state index is 12.9. The van der Waals surface area contributed by atoms with Gasteiger partial charge in [-0.25, -0.2) is 0 Å². The number of rotatable bonds is 8. The Morgan fingerprint density at radius 3 is 2.45 bits per heavy atom. The first-order valence-corrected chi connectivity index (χ1v) is 12.3. The van der Waals surface area contributed by atoms with Crippen LogP contribution in [0.15, 0.2) is 0 Å². The molecule has 0 heterocycles. The maximum atomic E-state index is 12.9. The van der Waals surface area contributed by atoms with Crippen molar-refractivity contribution in [1.82, 2.24) is 0 Å². The van der Waals surface area contributed by atoms with Crippen LogP contribution in [0.3, 0.4) is 0 Å². The van der Waals surface area contributed by atoms with E-state index in [-0.39, 0.29) is 6.42 Å². The van der Waals surface area contributed by atoms with E-state index in [4.69, 9.17) is 0 Å². The number of Topliss-reactive ketones (excluding diaryl/α,β-unsaturated/α-hetero) is 1. The number of carboxylic acids is 1. The number of fused-ring (bicyclic) bond motifs is 3. The molecule has 0 bridgehead atoms. The van der Waals surface area contributed by atoms with Gasteiger partial charge in [0.05, 0.1) is 0 Å². The van der Waals surface area contributed by atoms with Gasteiger partial charge in [-0.15, -0.1) is 0 Å². The first-order valence-electron chi connectivity index (χ1n) is 12.3. The van der Waals surface area contributed by atoms with E-state index in [1.165, 1.54) is 38.5 Å². The molecule has 3 rings (SSSR count). The Kier molecular flexibility index (Phi) is 6.85. The van der Waals surface area contributed by atoms with Crippen LogP contribution >= 0.6 is 0 Å². The maximum Gasteiger partial charge on any atom is 0.139 e. The van der Waals surface area contributed by atoms with E-state index in [0.717, 1.165) is 30.6 Å². The summed E-state index contributed by atoms with van der Waals surface area (Å²) < 4.78 is 0. The van der Waals surface area contributed by atoms with Crippen molar-refractivity contribution in [2.75, 3.05) is 0 Å². The minimum Gasteiger partial charge on any atom is -0.550 e. The van der Waals surface area contributed by atoms with Crippen LogP contribution < -0.4 is 5.11 Å². The Bertz CT molecular complexity index is 611. The molecule has 3 saturated carbocycles. The summed E-state index contributed by atoms with van der Waals surface area (Å²) in [5.41, 5.74) is -0.0423. The van der Waals surface area contributed by atoms with Crippen molar-refractivity contribution < 1.29 is 14.7 Å². The quantitative estimate of drug-likeness (QED) is 0.545. The Morgan fingerprint density at radius 2 is 1.79 bits per heavy atom. The van der Waals surface area contributed by atoms with Gasteiger partial charge in [0, 0.05) is 17.8 Å². The van der Waals surface area contributed by atoms with Crippen LogP contribution in [-0.4, -0.2) is 11.8 Å². The van der Waals surface area contributed by atoms with E-state index in [1.54, 1.807) is 0 Å². The van der Waals surface area contributed by atoms with Gasteiger partial charge in [0.25, 0.3) is 0 Å². The zero-order chi connectivity index (χ0) is 21.4. The van der Waals surface area contributed by atoms with Gasteiger partial charge < -0.3 is 9.90 Å². The second-order valence-corrected chi connectivity index (χ2v) is 11.7. The summed E-state index contributed by atoms with van der Waals surface area (Å²) >= 11 is 0. The number of carboxylic acid groups (broad SMARTS) is 1. The molecule has 0 aromatic heterocycles. The van der Waals surface area contributed by atoms with Crippen molar-refractivity contribution in [3.8, 4) is 0 Å². The van der Waals surface area contributed by atoms with Crippen molar-refractivity contribution in [2.24, 2.45) is 46.3 Å². The minimum atomic E-state index is -1.02. The first-order chi connectivity index (χ1) is 13.6. The first kappa shape index (κ1) is 22.8. The number of ketones is 1. The predicted molar refractivity (Wildman–Crippen MR) is 115 cm³/mol. The number of hydrogen-bond donors (Lipinski definition) is 0. The monoisotopic (exact) mass is 403 g/mol. The lowest BCUT2D eigenvalue weighted by Crippen LogP contribution is -2.52. The standard InChI is InChI=1S/C26H44O3/c1-17(2)7-6-8-18(3)20-10-11-21-19-9-12-23(27)26(5,16-14-24(28)29)22(19)13-15-25(20,21)4/h17-22H,6-16H2,1-5H3,(H,28,29)/p-1/t18-,19-,20-,21+,22-,25-,26-/m1/s1. The molecule has 0 saturated heterocycles. The molecule has 3 aliphatic carbocycles. The summed E-state index contributed by atoms with van der Waals surface area (Å²) in [5, 5.41) is 11.1. The molecule has 7 atom stereocenters. The summed E-state index contributed by atoms with van der Waals surface area (Å²) in [4.78, 5) is 24.0. The van der Waals surface area contributed by atoms with Crippen LogP contribution in [0, 0.1) is 46.3 Å². The van der Waals surface area contributed by atoms with E-state index in [2.05, 4.69) is 34.6 Å². The zero-order valence-electron chi connectivity index (χ0n) is 19.5. The molecule has 0 aromatic carbocycles. The fraction of sp³-hybridized carbons (Fsp3) is 0.923. The highest BCUT2D eigenvalue weighted by Gasteiger charge is 2.59. The van der Waals surface area contributed by atoms with E-state index in [9.17, 15) is 14.7 Å². The third-order valence-electron chi connectivity index (χ3n) is 9.65. The third-order valence-corrected chi connectivity index (χ3v) is 9.65. The van der Waals surface area contributed by atoms with Crippen LogP contribution in [0.1, 0.15) is 105 Å².